The average molecular weight is 533 g/mol. The Hall–Kier alpha value is -4.14. The van der Waals surface area contributed by atoms with Gasteiger partial charge >= 0.3 is 0 Å². The molecule has 38 heavy (non-hydrogen) atoms. The van der Waals surface area contributed by atoms with E-state index in [1.54, 1.807) is 31.5 Å². The molecule has 6 heterocycles. The second-order valence-electron chi connectivity index (χ2n) is 9.52. The molecule has 6 aromatic heterocycles. The van der Waals surface area contributed by atoms with E-state index in [2.05, 4.69) is 38.2 Å². The summed E-state index contributed by atoms with van der Waals surface area (Å²) in [4.78, 5) is 41.4. The molecule has 8 rings (SSSR count). The lowest BCUT2D eigenvalue weighted by Crippen LogP contribution is -2.16. The van der Waals surface area contributed by atoms with Crippen molar-refractivity contribution < 1.29 is 0 Å². The first-order chi connectivity index (χ1) is 18.6. The van der Waals surface area contributed by atoms with Crippen molar-refractivity contribution in [2.24, 2.45) is 0 Å². The minimum atomic E-state index is -0.110. The van der Waals surface area contributed by atoms with Crippen LogP contribution in [0.4, 0.5) is 0 Å². The molecule has 6 nitrogen and oxygen atoms in total. The van der Waals surface area contributed by atoms with Crippen molar-refractivity contribution in [3.05, 3.63) is 79.0 Å². The molecule has 0 saturated carbocycles. The van der Waals surface area contributed by atoms with Gasteiger partial charge in [-0.2, -0.15) is 0 Å². The van der Waals surface area contributed by atoms with E-state index in [0.717, 1.165) is 64.8 Å². The van der Waals surface area contributed by atoms with Gasteiger partial charge in [0.1, 0.15) is 32.0 Å². The predicted octanol–water partition coefficient (Wildman–Crippen LogP) is 7.31. The minimum absolute atomic E-state index is 0.110. The highest BCUT2D eigenvalue weighted by Gasteiger charge is 2.23. The monoisotopic (exact) mass is 532 g/mol. The Morgan fingerprint density at radius 3 is 1.53 bits per heavy atom. The summed E-state index contributed by atoms with van der Waals surface area (Å²) in [6.07, 6.45) is 10.3. The van der Waals surface area contributed by atoms with Crippen LogP contribution in [0.2, 0.25) is 0 Å². The number of hydrogen-bond acceptors (Lipinski definition) is 6. The molecule has 0 aliphatic rings. The standard InChI is InChI=1S/C30H20N4O2S2/c1-3-5-7-15-13-21-29(37-15)33-25(31-21)17-9-12-20-24-18(10-11-19(23(17)24)27(33)35)26-32-22-14-16(8-6-4-2)38-30(22)34(26)28(20)36/h5-14H,3-4H2,1-2H3/b7-5+,8-6+. The SMILES string of the molecule is CC/C=C/c1cc2nc3c4ccc5c(=O)n6c(nc7cc(/C=C/CC)sc76)c6ccc(c(=O)n3c2s1)c4c56. The quantitative estimate of drug-likeness (QED) is 0.223. The Balaban J connectivity index is 1.50. The third kappa shape index (κ3) is 2.71. The van der Waals surface area contributed by atoms with Gasteiger partial charge in [0.25, 0.3) is 11.1 Å². The first-order valence-corrected chi connectivity index (χ1v) is 14.3. The van der Waals surface area contributed by atoms with E-state index >= 15 is 0 Å². The fraction of sp³-hybridized carbons (Fsp3) is 0.133. The van der Waals surface area contributed by atoms with Gasteiger partial charge < -0.3 is 0 Å². The number of pyridine rings is 2. The van der Waals surface area contributed by atoms with Crippen LogP contribution < -0.4 is 11.1 Å². The first kappa shape index (κ1) is 21.9. The summed E-state index contributed by atoms with van der Waals surface area (Å²) in [5, 5.41) is 4.50. The van der Waals surface area contributed by atoms with Gasteiger partial charge in [0.05, 0.1) is 0 Å². The van der Waals surface area contributed by atoms with Crippen LogP contribution in [0.15, 0.2) is 58.1 Å². The lowest BCUT2D eigenvalue weighted by Gasteiger charge is -2.11. The van der Waals surface area contributed by atoms with Crippen molar-refractivity contribution in [1.29, 1.82) is 0 Å². The van der Waals surface area contributed by atoms with E-state index < -0.39 is 0 Å². The van der Waals surface area contributed by atoms with Crippen LogP contribution >= 0.6 is 22.7 Å². The number of aromatic nitrogens is 4. The van der Waals surface area contributed by atoms with Crippen molar-refractivity contribution in [1.82, 2.24) is 18.8 Å². The number of nitrogens with zero attached hydrogens (tertiary/aromatic N) is 4. The second-order valence-corrected chi connectivity index (χ2v) is 11.6. The van der Waals surface area contributed by atoms with Crippen LogP contribution in [0.1, 0.15) is 36.4 Å². The van der Waals surface area contributed by atoms with E-state index in [4.69, 9.17) is 9.97 Å². The highest BCUT2D eigenvalue weighted by Crippen LogP contribution is 2.38. The summed E-state index contributed by atoms with van der Waals surface area (Å²) in [5.74, 6) is 0. The van der Waals surface area contributed by atoms with Gasteiger partial charge in [-0.15, -0.1) is 22.7 Å². The molecule has 8 heteroatoms. The zero-order valence-corrected chi connectivity index (χ0v) is 22.2. The molecular weight excluding hydrogens is 512 g/mol. The lowest BCUT2D eigenvalue weighted by molar-refractivity contribution is 1.19. The smallest absolute Gasteiger partial charge is 0.265 e. The maximum Gasteiger partial charge on any atom is 0.265 e. The Morgan fingerprint density at radius 1 is 0.684 bits per heavy atom. The van der Waals surface area contributed by atoms with Crippen LogP contribution in [0, 0.1) is 0 Å². The highest BCUT2D eigenvalue weighted by atomic mass is 32.1. The molecule has 0 aliphatic heterocycles. The fourth-order valence-electron chi connectivity index (χ4n) is 5.62. The van der Waals surface area contributed by atoms with E-state index in [1.165, 1.54) is 0 Å². The van der Waals surface area contributed by atoms with Crippen LogP contribution in [-0.2, 0) is 0 Å². The molecule has 184 valence electrons. The van der Waals surface area contributed by atoms with E-state index in [-0.39, 0.29) is 11.1 Å². The molecule has 0 fully saturated rings. The summed E-state index contributed by atoms with van der Waals surface area (Å²) in [5.41, 5.74) is 2.67. The van der Waals surface area contributed by atoms with Crippen molar-refractivity contribution in [2.75, 3.05) is 0 Å². The van der Waals surface area contributed by atoms with Gasteiger partial charge in [0.2, 0.25) is 0 Å². The molecule has 0 aliphatic carbocycles. The van der Waals surface area contributed by atoms with Crippen LogP contribution in [0.3, 0.4) is 0 Å². The zero-order valence-electron chi connectivity index (χ0n) is 20.6. The molecule has 0 amide bonds. The summed E-state index contributed by atoms with van der Waals surface area (Å²) in [6.45, 7) is 4.19. The Labute approximate surface area is 223 Å². The Kier molecular flexibility index (Phi) is 4.43. The lowest BCUT2D eigenvalue weighted by atomic mass is 9.96. The van der Waals surface area contributed by atoms with Gasteiger partial charge in [0.15, 0.2) is 0 Å². The Bertz CT molecular complexity index is 2250. The van der Waals surface area contributed by atoms with Gasteiger partial charge in [0, 0.05) is 42.1 Å². The van der Waals surface area contributed by atoms with Crippen molar-refractivity contribution in [3.8, 4) is 0 Å². The zero-order chi connectivity index (χ0) is 25.7. The van der Waals surface area contributed by atoms with Crippen molar-refractivity contribution in [3.63, 3.8) is 0 Å². The number of rotatable bonds is 4. The minimum Gasteiger partial charge on any atom is -0.268 e. The summed E-state index contributed by atoms with van der Waals surface area (Å²) in [7, 11) is 0. The van der Waals surface area contributed by atoms with Crippen molar-refractivity contribution >= 4 is 99.1 Å². The molecule has 0 radical (unpaired) electrons. The number of thiophene rings is 2. The normalized spacial score (nSPS) is 13.2. The number of benzene rings is 2. The topological polar surface area (TPSA) is 68.7 Å². The third-order valence-electron chi connectivity index (χ3n) is 7.25. The maximum atomic E-state index is 13.9. The molecule has 0 saturated heterocycles. The molecule has 0 atom stereocenters. The third-order valence-corrected chi connectivity index (χ3v) is 9.40. The van der Waals surface area contributed by atoms with E-state index in [0.29, 0.717) is 22.1 Å². The molecule has 8 aromatic rings. The van der Waals surface area contributed by atoms with E-state index in [9.17, 15) is 9.59 Å². The van der Waals surface area contributed by atoms with E-state index in [1.807, 2.05) is 36.4 Å². The van der Waals surface area contributed by atoms with Crippen LogP contribution in [0.25, 0.3) is 76.5 Å². The second kappa shape index (κ2) is 7.69. The number of fused-ring (bicyclic) bond motifs is 8. The molecular formula is C30H20N4O2S2. The predicted molar refractivity (Wildman–Crippen MR) is 161 cm³/mol. The summed E-state index contributed by atoms with van der Waals surface area (Å²) >= 11 is 3.14. The number of hydrogen-bond donors (Lipinski definition) is 0. The van der Waals surface area contributed by atoms with Gasteiger partial charge in [-0.1, -0.05) is 26.0 Å². The van der Waals surface area contributed by atoms with Gasteiger partial charge in [-0.05, 0) is 61.4 Å². The number of imidazole rings is 2. The van der Waals surface area contributed by atoms with Gasteiger partial charge in [-0.25, -0.2) is 18.8 Å². The highest BCUT2D eigenvalue weighted by molar-refractivity contribution is 7.19. The fourth-order valence-corrected chi connectivity index (χ4v) is 7.67. The summed E-state index contributed by atoms with van der Waals surface area (Å²) < 4.78 is 3.46. The van der Waals surface area contributed by atoms with Crippen molar-refractivity contribution in [2.45, 2.75) is 26.7 Å². The summed E-state index contributed by atoms with van der Waals surface area (Å²) in [6, 6.07) is 11.7. The Morgan fingerprint density at radius 2 is 1.11 bits per heavy atom. The average Bonchev–Trinajstić information content (AvgIpc) is 3.66. The van der Waals surface area contributed by atoms with Gasteiger partial charge in [-0.3, -0.25) is 9.59 Å². The molecule has 0 N–H and O–H groups in total. The molecule has 2 aromatic carbocycles. The van der Waals surface area contributed by atoms with Crippen LogP contribution in [0.5, 0.6) is 0 Å². The van der Waals surface area contributed by atoms with Crippen LogP contribution in [-0.4, -0.2) is 18.8 Å². The molecule has 0 unspecified atom stereocenters. The largest absolute Gasteiger partial charge is 0.268 e. The first-order valence-electron chi connectivity index (χ1n) is 12.7. The molecule has 0 bridgehead atoms. The molecule has 0 spiro atoms. The maximum absolute atomic E-state index is 13.9. The number of allylic oxidation sites excluding steroid dienone is 2.